The van der Waals surface area contributed by atoms with Crippen LogP contribution in [0.4, 0.5) is 0 Å². The Morgan fingerprint density at radius 2 is 2.14 bits per heavy atom. The lowest BCUT2D eigenvalue weighted by Gasteiger charge is -2.15. The van der Waals surface area contributed by atoms with Gasteiger partial charge in [-0.3, -0.25) is 4.79 Å². The number of aliphatic hydroxyl groups excluding tert-OH is 1. The van der Waals surface area contributed by atoms with Gasteiger partial charge in [-0.05, 0) is 31.0 Å². The Bertz CT molecular complexity index is 644. The van der Waals surface area contributed by atoms with Crippen LogP contribution in [0.25, 0.3) is 0 Å². The molecule has 1 saturated carbocycles. The van der Waals surface area contributed by atoms with Crippen molar-refractivity contribution in [1.82, 2.24) is 5.32 Å². The summed E-state index contributed by atoms with van der Waals surface area (Å²) in [5.74, 6) is -0.300. The lowest BCUT2D eigenvalue weighted by molar-refractivity contribution is 0.0916. The first kappa shape index (κ1) is 16.3. The molecular weight excluding hydrogens is 314 g/mol. The van der Waals surface area contributed by atoms with Gasteiger partial charge in [-0.1, -0.05) is 18.0 Å². The predicted molar refractivity (Wildman–Crippen MR) is 80.2 cm³/mol. The third kappa shape index (κ3) is 3.96. The summed E-state index contributed by atoms with van der Waals surface area (Å²) in [6, 6.07) is 4.16. The topological polar surface area (TPSA) is 83.5 Å². The molecule has 1 fully saturated rings. The Hall–Kier alpha value is -1.11. The molecule has 0 aliphatic heterocycles. The van der Waals surface area contributed by atoms with E-state index in [9.17, 15) is 18.3 Å². The fourth-order valence-corrected chi connectivity index (χ4v) is 3.81. The van der Waals surface area contributed by atoms with Gasteiger partial charge in [-0.25, -0.2) is 8.42 Å². The van der Waals surface area contributed by atoms with Crippen LogP contribution in [-0.4, -0.2) is 38.3 Å². The number of hydrogen-bond acceptors (Lipinski definition) is 4. The maximum Gasteiger partial charge on any atom is 0.251 e. The zero-order valence-electron chi connectivity index (χ0n) is 11.7. The van der Waals surface area contributed by atoms with Crippen LogP contribution in [0.3, 0.4) is 0 Å². The average molecular weight is 332 g/mol. The Morgan fingerprint density at radius 3 is 2.71 bits per heavy atom. The summed E-state index contributed by atoms with van der Waals surface area (Å²) < 4.78 is 23.2. The monoisotopic (exact) mass is 331 g/mol. The van der Waals surface area contributed by atoms with Gasteiger partial charge in [0.1, 0.15) is 0 Å². The third-order valence-corrected chi connectivity index (χ3v) is 5.31. The zero-order chi connectivity index (χ0) is 15.6. The van der Waals surface area contributed by atoms with E-state index < -0.39 is 9.84 Å². The second-order valence-corrected chi connectivity index (χ2v) is 7.78. The zero-order valence-corrected chi connectivity index (χ0v) is 13.2. The van der Waals surface area contributed by atoms with Crippen LogP contribution in [-0.2, 0) is 9.84 Å². The van der Waals surface area contributed by atoms with Crippen LogP contribution in [0, 0.1) is 5.92 Å². The SMILES string of the molecule is CS(=O)(=O)c1cc(C(=O)NCC2CCCC2O)ccc1Cl. The molecule has 2 N–H and O–H groups in total. The standard InChI is InChI=1S/C14H18ClNO4S/c1-21(19,20)13-7-9(5-6-11(13)15)14(18)16-8-10-3-2-4-12(10)17/h5-7,10,12,17H,2-4,8H2,1H3,(H,16,18). The molecular formula is C14H18ClNO4S. The summed E-state index contributed by atoms with van der Waals surface area (Å²) in [6.45, 7) is 0.386. The van der Waals surface area contributed by atoms with Crippen molar-refractivity contribution >= 4 is 27.3 Å². The summed E-state index contributed by atoms with van der Waals surface area (Å²) >= 11 is 5.84. The van der Waals surface area contributed by atoms with Crippen molar-refractivity contribution in [2.75, 3.05) is 12.8 Å². The number of benzene rings is 1. The molecule has 1 aromatic rings. The first-order valence-electron chi connectivity index (χ1n) is 6.75. The molecule has 1 aromatic carbocycles. The number of amides is 1. The number of carbonyl (C=O) groups is 1. The van der Waals surface area contributed by atoms with E-state index in [1.54, 1.807) is 0 Å². The highest BCUT2D eigenvalue weighted by Crippen LogP contribution is 2.25. The van der Waals surface area contributed by atoms with E-state index in [-0.39, 0.29) is 33.4 Å². The molecule has 2 unspecified atom stereocenters. The maximum absolute atomic E-state index is 12.1. The molecule has 2 atom stereocenters. The van der Waals surface area contributed by atoms with Crippen molar-refractivity contribution in [2.45, 2.75) is 30.3 Å². The summed E-state index contributed by atoms with van der Waals surface area (Å²) in [5, 5.41) is 12.5. The van der Waals surface area contributed by atoms with Gasteiger partial charge in [0.25, 0.3) is 5.91 Å². The highest BCUT2D eigenvalue weighted by Gasteiger charge is 2.25. The van der Waals surface area contributed by atoms with Crippen molar-refractivity contribution < 1.29 is 18.3 Å². The second-order valence-electron chi connectivity index (χ2n) is 5.39. The van der Waals surface area contributed by atoms with Crippen LogP contribution >= 0.6 is 11.6 Å². The van der Waals surface area contributed by atoms with Gasteiger partial charge < -0.3 is 10.4 Å². The lowest BCUT2D eigenvalue weighted by atomic mass is 10.1. The Kier molecular flexibility index (Phi) is 4.91. The van der Waals surface area contributed by atoms with E-state index in [0.29, 0.717) is 6.54 Å². The molecule has 5 nitrogen and oxygen atoms in total. The minimum atomic E-state index is -3.48. The van der Waals surface area contributed by atoms with Gasteiger partial charge in [0.15, 0.2) is 9.84 Å². The van der Waals surface area contributed by atoms with Gasteiger partial charge in [0.2, 0.25) is 0 Å². The number of nitrogens with one attached hydrogen (secondary N) is 1. The molecule has 1 aliphatic rings. The highest BCUT2D eigenvalue weighted by molar-refractivity contribution is 7.90. The summed E-state index contributed by atoms with van der Waals surface area (Å²) in [6.07, 6.45) is 3.28. The summed E-state index contributed by atoms with van der Waals surface area (Å²) in [5.41, 5.74) is 0.243. The predicted octanol–water partition coefficient (Wildman–Crippen LogP) is 1.63. The highest BCUT2D eigenvalue weighted by atomic mass is 35.5. The minimum Gasteiger partial charge on any atom is -0.393 e. The number of rotatable bonds is 4. The van der Waals surface area contributed by atoms with Crippen molar-refractivity contribution in [1.29, 1.82) is 0 Å². The molecule has 7 heteroatoms. The van der Waals surface area contributed by atoms with Crippen molar-refractivity contribution in [3.8, 4) is 0 Å². The number of sulfone groups is 1. The molecule has 0 bridgehead atoms. The van der Waals surface area contributed by atoms with E-state index in [1.165, 1.54) is 18.2 Å². The van der Waals surface area contributed by atoms with E-state index in [4.69, 9.17) is 11.6 Å². The number of hydrogen-bond donors (Lipinski definition) is 2. The van der Waals surface area contributed by atoms with Gasteiger partial charge in [-0.2, -0.15) is 0 Å². The Morgan fingerprint density at radius 1 is 1.43 bits per heavy atom. The molecule has 1 aliphatic carbocycles. The van der Waals surface area contributed by atoms with E-state index in [1.807, 2.05) is 0 Å². The molecule has 116 valence electrons. The fourth-order valence-electron chi connectivity index (χ4n) is 2.51. The minimum absolute atomic E-state index is 0.0577. The van der Waals surface area contributed by atoms with Gasteiger partial charge in [0.05, 0.1) is 16.0 Å². The average Bonchev–Trinajstić information content (AvgIpc) is 2.80. The first-order valence-corrected chi connectivity index (χ1v) is 9.02. The van der Waals surface area contributed by atoms with E-state index >= 15 is 0 Å². The van der Waals surface area contributed by atoms with Gasteiger partial charge in [0, 0.05) is 24.3 Å². The van der Waals surface area contributed by atoms with Crippen LogP contribution in [0.2, 0.25) is 5.02 Å². The van der Waals surface area contributed by atoms with Crippen LogP contribution in [0.5, 0.6) is 0 Å². The molecule has 0 heterocycles. The Balaban J connectivity index is 2.09. The van der Waals surface area contributed by atoms with Crippen molar-refractivity contribution in [3.63, 3.8) is 0 Å². The smallest absolute Gasteiger partial charge is 0.251 e. The molecule has 2 rings (SSSR count). The Labute approximate surface area is 129 Å². The second kappa shape index (κ2) is 6.34. The summed E-state index contributed by atoms with van der Waals surface area (Å²) in [4.78, 5) is 12.0. The molecule has 1 amide bonds. The molecule has 0 saturated heterocycles. The normalized spacial score (nSPS) is 22.2. The van der Waals surface area contributed by atoms with Crippen molar-refractivity contribution in [3.05, 3.63) is 28.8 Å². The van der Waals surface area contributed by atoms with Crippen LogP contribution in [0.15, 0.2) is 23.1 Å². The lowest BCUT2D eigenvalue weighted by Crippen LogP contribution is -2.32. The van der Waals surface area contributed by atoms with Crippen molar-refractivity contribution in [2.24, 2.45) is 5.92 Å². The fraction of sp³-hybridized carbons (Fsp3) is 0.500. The number of carbonyl (C=O) groups excluding carboxylic acids is 1. The maximum atomic E-state index is 12.1. The quantitative estimate of drug-likeness (QED) is 0.878. The van der Waals surface area contributed by atoms with E-state index in [2.05, 4.69) is 5.32 Å². The number of halogens is 1. The van der Waals surface area contributed by atoms with Gasteiger partial charge in [-0.15, -0.1) is 0 Å². The molecule has 0 aromatic heterocycles. The number of aliphatic hydroxyl groups is 1. The van der Waals surface area contributed by atoms with Crippen LogP contribution in [0.1, 0.15) is 29.6 Å². The van der Waals surface area contributed by atoms with Crippen LogP contribution < -0.4 is 5.32 Å². The largest absolute Gasteiger partial charge is 0.393 e. The summed E-state index contributed by atoms with van der Waals surface area (Å²) in [7, 11) is -3.48. The molecule has 21 heavy (non-hydrogen) atoms. The molecule has 0 spiro atoms. The van der Waals surface area contributed by atoms with Gasteiger partial charge >= 0.3 is 0 Å². The molecule has 0 radical (unpaired) electrons. The van der Waals surface area contributed by atoms with E-state index in [0.717, 1.165) is 25.5 Å². The third-order valence-electron chi connectivity index (χ3n) is 3.74. The first-order chi connectivity index (χ1) is 9.79.